The second-order valence-corrected chi connectivity index (χ2v) is 7.19. The van der Waals surface area contributed by atoms with Gasteiger partial charge in [-0.05, 0) is 36.4 Å². The van der Waals surface area contributed by atoms with E-state index < -0.39 is 40.0 Å². The van der Waals surface area contributed by atoms with Crippen LogP contribution in [0, 0.1) is 15.9 Å². The van der Waals surface area contributed by atoms with Crippen LogP contribution in [0.2, 0.25) is 0 Å². The highest BCUT2D eigenvalue weighted by Gasteiger charge is 2.34. The van der Waals surface area contributed by atoms with Crippen LogP contribution >= 0.6 is 0 Å². The summed E-state index contributed by atoms with van der Waals surface area (Å²) in [7, 11) is 0. The van der Waals surface area contributed by atoms with Gasteiger partial charge in [-0.3, -0.25) is 19.7 Å². The molecule has 3 aromatic rings. The fraction of sp³-hybridized carbons (Fsp3) is 0.130. The molecule has 0 aromatic heterocycles. The van der Waals surface area contributed by atoms with Gasteiger partial charge in [-0.15, -0.1) is 0 Å². The Balaban J connectivity index is 1.69. The largest absolute Gasteiger partial charge is 0.418 e. The second kappa shape index (κ2) is 10.6. The van der Waals surface area contributed by atoms with Crippen LogP contribution in [0.5, 0.6) is 0 Å². The molecular weight excluding hydrogens is 472 g/mol. The van der Waals surface area contributed by atoms with Crippen molar-refractivity contribution < 1.29 is 32.1 Å². The van der Waals surface area contributed by atoms with Crippen LogP contribution in [0.25, 0.3) is 0 Å². The first-order valence-electron chi connectivity index (χ1n) is 10.1. The summed E-state index contributed by atoms with van der Waals surface area (Å²) < 4.78 is 54.6. The molecule has 0 fully saturated rings. The van der Waals surface area contributed by atoms with Crippen molar-refractivity contribution in [2.24, 2.45) is 0 Å². The van der Waals surface area contributed by atoms with E-state index in [1.165, 1.54) is 36.4 Å². The molecule has 182 valence electrons. The number of halogens is 4. The molecule has 0 aliphatic heterocycles. The molecule has 0 unspecified atom stereocenters. The Labute approximate surface area is 196 Å². The lowest BCUT2D eigenvalue weighted by Crippen LogP contribution is -2.20. The molecule has 35 heavy (non-hydrogen) atoms. The SMILES string of the molecule is O=C(CCNc1ccccc1[N+](=O)[O-])Nc1ccc(NC(=O)c2ccccc2F)cc1C(F)(F)F. The quantitative estimate of drug-likeness (QED) is 0.221. The third kappa shape index (κ3) is 6.53. The van der Waals surface area contributed by atoms with Crippen molar-refractivity contribution in [3.8, 4) is 0 Å². The molecule has 2 amide bonds. The van der Waals surface area contributed by atoms with E-state index in [0.717, 1.165) is 18.2 Å². The molecular formula is C23H18F4N4O4. The predicted molar refractivity (Wildman–Crippen MR) is 121 cm³/mol. The first kappa shape index (κ1) is 25.1. The lowest BCUT2D eigenvalue weighted by molar-refractivity contribution is -0.384. The van der Waals surface area contributed by atoms with Crippen LogP contribution in [0.4, 0.5) is 40.3 Å². The summed E-state index contributed by atoms with van der Waals surface area (Å²) >= 11 is 0. The lowest BCUT2D eigenvalue weighted by Gasteiger charge is -2.16. The number of alkyl halides is 3. The first-order chi connectivity index (χ1) is 16.6. The topological polar surface area (TPSA) is 113 Å². The van der Waals surface area contributed by atoms with Crippen molar-refractivity contribution >= 4 is 34.6 Å². The van der Waals surface area contributed by atoms with Gasteiger partial charge in [0.1, 0.15) is 11.5 Å². The van der Waals surface area contributed by atoms with Crippen molar-refractivity contribution in [1.29, 1.82) is 0 Å². The number of benzene rings is 3. The number of para-hydroxylation sites is 2. The van der Waals surface area contributed by atoms with Crippen LogP contribution in [-0.2, 0) is 11.0 Å². The first-order valence-corrected chi connectivity index (χ1v) is 10.1. The van der Waals surface area contributed by atoms with Gasteiger partial charge in [-0.2, -0.15) is 13.2 Å². The van der Waals surface area contributed by atoms with Crippen LogP contribution in [0.3, 0.4) is 0 Å². The normalized spacial score (nSPS) is 11.0. The van der Waals surface area contributed by atoms with Gasteiger partial charge in [0.05, 0.1) is 21.7 Å². The van der Waals surface area contributed by atoms with Gasteiger partial charge < -0.3 is 16.0 Å². The van der Waals surface area contributed by atoms with E-state index >= 15 is 0 Å². The Kier molecular flexibility index (Phi) is 7.64. The van der Waals surface area contributed by atoms with Gasteiger partial charge in [0.2, 0.25) is 5.91 Å². The summed E-state index contributed by atoms with van der Waals surface area (Å²) in [4.78, 5) is 34.8. The van der Waals surface area contributed by atoms with E-state index in [1.807, 2.05) is 0 Å². The number of nitro groups is 1. The average Bonchev–Trinajstić information content (AvgIpc) is 2.80. The maximum Gasteiger partial charge on any atom is 0.418 e. The zero-order valence-electron chi connectivity index (χ0n) is 17.9. The molecule has 0 aliphatic rings. The highest BCUT2D eigenvalue weighted by atomic mass is 19.4. The number of amides is 2. The molecule has 0 spiro atoms. The minimum atomic E-state index is -4.87. The summed E-state index contributed by atoms with van der Waals surface area (Å²) in [5, 5.41) is 18.1. The Morgan fingerprint density at radius 1 is 0.914 bits per heavy atom. The fourth-order valence-electron chi connectivity index (χ4n) is 3.12. The van der Waals surface area contributed by atoms with E-state index in [0.29, 0.717) is 6.07 Å². The molecule has 3 rings (SSSR count). The third-order valence-electron chi connectivity index (χ3n) is 4.74. The number of nitrogens with zero attached hydrogens (tertiary/aromatic N) is 1. The fourth-order valence-corrected chi connectivity index (χ4v) is 3.12. The molecule has 0 bridgehead atoms. The monoisotopic (exact) mass is 490 g/mol. The molecule has 8 nitrogen and oxygen atoms in total. The standard InChI is InChI=1S/C23H18F4N4O4/c24-17-6-2-1-5-15(17)22(33)29-14-9-10-18(16(13-14)23(25,26)27)30-21(32)11-12-28-19-7-3-4-8-20(19)31(34)35/h1-10,13,28H,11-12H2,(H,29,33)(H,30,32). The average molecular weight is 490 g/mol. The molecule has 3 aromatic carbocycles. The maximum atomic E-state index is 13.8. The molecule has 0 heterocycles. The number of carbonyl (C=O) groups is 2. The highest BCUT2D eigenvalue weighted by molar-refractivity contribution is 6.04. The summed E-state index contributed by atoms with van der Waals surface area (Å²) in [6.45, 7) is -0.0746. The minimum Gasteiger partial charge on any atom is -0.379 e. The highest BCUT2D eigenvalue weighted by Crippen LogP contribution is 2.37. The van der Waals surface area contributed by atoms with E-state index in [4.69, 9.17) is 0 Å². The lowest BCUT2D eigenvalue weighted by atomic mass is 10.1. The van der Waals surface area contributed by atoms with Gasteiger partial charge in [0.15, 0.2) is 0 Å². The van der Waals surface area contributed by atoms with Crippen molar-refractivity contribution in [3.05, 3.63) is 93.8 Å². The summed E-state index contributed by atoms with van der Waals surface area (Å²) in [5.41, 5.74) is -2.40. The number of carbonyl (C=O) groups excluding carboxylic acids is 2. The number of nitro benzene ring substituents is 1. The smallest absolute Gasteiger partial charge is 0.379 e. The van der Waals surface area contributed by atoms with Crippen molar-refractivity contribution in [2.75, 3.05) is 22.5 Å². The second-order valence-electron chi connectivity index (χ2n) is 7.19. The van der Waals surface area contributed by atoms with Gasteiger partial charge >= 0.3 is 6.18 Å². The van der Waals surface area contributed by atoms with E-state index in [-0.39, 0.29) is 35.6 Å². The molecule has 0 radical (unpaired) electrons. The van der Waals surface area contributed by atoms with Crippen molar-refractivity contribution in [1.82, 2.24) is 0 Å². The zero-order valence-corrected chi connectivity index (χ0v) is 17.9. The molecule has 12 heteroatoms. The van der Waals surface area contributed by atoms with Crippen LogP contribution in [-0.4, -0.2) is 23.3 Å². The number of nitrogens with one attached hydrogen (secondary N) is 3. The van der Waals surface area contributed by atoms with E-state index in [1.54, 1.807) is 6.07 Å². The molecule has 0 aliphatic carbocycles. The van der Waals surface area contributed by atoms with Gasteiger partial charge in [-0.25, -0.2) is 4.39 Å². The number of anilines is 3. The summed E-state index contributed by atoms with van der Waals surface area (Å²) in [6, 6.07) is 13.4. The molecule has 0 saturated carbocycles. The Morgan fingerprint density at radius 3 is 2.29 bits per heavy atom. The maximum absolute atomic E-state index is 13.8. The third-order valence-corrected chi connectivity index (χ3v) is 4.74. The van der Waals surface area contributed by atoms with Gasteiger partial charge in [-0.1, -0.05) is 24.3 Å². The van der Waals surface area contributed by atoms with Gasteiger partial charge in [0.25, 0.3) is 11.6 Å². The Bertz CT molecular complexity index is 1260. The van der Waals surface area contributed by atoms with Gasteiger partial charge in [0, 0.05) is 24.7 Å². The molecule has 0 atom stereocenters. The predicted octanol–water partition coefficient (Wildman–Crippen LogP) is 5.45. The van der Waals surface area contributed by atoms with Crippen molar-refractivity contribution in [2.45, 2.75) is 12.6 Å². The zero-order chi connectivity index (χ0) is 25.6. The molecule has 3 N–H and O–H groups in total. The van der Waals surface area contributed by atoms with Crippen molar-refractivity contribution in [3.63, 3.8) is 0 Å². The summed E-state index contributed by atoms with van der Waals surface area (Å²) in [5.74, 6) is -2.54. The van der Waals surface area contributed by atoms with Crippen LogP contribution in [0.15, 0.2) is 66.7 Å². The number of hydrogen-bond acceptors (Lipinski definition) is 5. The van der Waals surface area contributed by atoms with Crippen LogP contribution in [0.1, 0.15) is 22.3 Å². The Hall–Kier alpha value is -4.48. The van der Waals surface area contributed by atoms with E-state index in [2.05, 4.69) is 16.0 Å². The Morgan fingerprint density at radius 2 is 1.60 bits per heavy atom. The summed E-state index contributed by atoms with van der Waals surface area (Å²) in [6.07, 6.45) is -5.15. The number of rotatable bonds is 8. The van der Waals surface area contributed by atoms with E-state index in [9.17, 15) is 37.3 Å². The molecule has 0 saturated heterocycles. The van der Waals surface area contributed by atoms with Crippen LogP contribution < -0.4 is 16.0 Å². The number of hydrogen-bond donors (Lipinski definition) is 3. The minimum absolute atomic E-state index is 0.0746.